The number of aliphatic hydroxyl groups is 1. The molecule has 0 saturated carbocycles. The van der Waals surface area contributed by atoms with E-state index >= 15 is 0 Å². The minimum atomic E-state index is -0.0000986. The Morgan fingerprint density at radius 1 is 1.44 bits per heavy atom. The van der Waals surface area contributed by atoms with Crippen LogP contribution in [0.2, 0.25) is 5.02 Å². The van der Waals surface area contributed by atoms with Crippen LogP contribution in [0.4, 0.5) is 0 Å². The predicted molar refractivity (Wildman–Crippen MR) is 78.1 cm³/mol. The van der Waals surface area contributed by atoms with E-state index in [1.54, 1.807) is 0 Å². The number of hydrogen-bond acceptors (Lipinski definition) is 2. The molecule has 1 aliphatic heterocycles. The molecule has 3 nitrogen and oxygen atoms in total. The molecule has 18 heavy (non-hydrogen) atoms. The first-order valence-corrected chi connectivity index (χ1v) is 6.82. The number of hydrogen-bond donors (Lipinski definition) is 1. The number of halogens is 1. The summed E-state index contributed by atoms with van der Waals surface area (Å²) in [5.41, 5.74) is 1.14. The van der Waals surface area contributed by atoms with Crippen molar-refractivity contribution < 1.29 is 5.11 Å². The maximum Gasteiger partial charge on any atom is 0.257 e. The Morgan fingerprint density at radius 2 is 2.17 bits per heavy atom. The molecule has 0 bridgehead atoms. The van der Waals surface area contributed by atoms with Crippen LogP contribution < -0.4 is 0 Å². The van der Waals surface area contributed by atoms with Gasteiger partial charge in [-0.1, -0.05) is 29.8 Å². The lowest BCUT2D eigenvalue weighted by Gasteiger charge is -2.39. The van der Waals surface area contributed by atoms with Gasteiger partial charge in [-0.15, -0.1) is 0 Å². The van der Waals surface area contributed by atoms with Crippen molar-refractivity contribution in [1.29, 1.82) is 0 Å². The molecule has 1 aliphatic rings. The van der Waals surface area contributed by atoms with Crippen LogP contribution >= 0.6 is 23.8 Å². The minimum Gasteiger partial charge on any atom is -0.486 e. The fraction of sp³-hybridized carbons (Fsp3) is 0.462. The van der Waals surface area contributed by atoms with Crippen molar-refractivity contribution in [3.05, 3.63) is 34.9 Å². The van der Waals surface area contributed by atoms with Crippen LogP contribution in [-0.2, 0) is 6.54 Å². The fourth-order valence-electron chi connectivity index (χ4n) is 2.33. The van der Waals surface area contributed by atoms with E-state index in [0.717, 1.165) is 36.8 Å². The number of thiocarbonyl (C=S) groups is 1. The Balaban J connectivity index is 1.97. The molecule has 0 spiro atoms. The third kappa shape index (κ3) is 3.13. The van der Waals surface area contributed by atoms with E-state index in [9.17, 15) is 5.11 Å². The van der Waals surface area contributed by atoms with Gasteiger partial charge in [0.15, 0.2) is 0 Å². The molecule has 5 heteroatoms. The first-order valence-electron chi connectivity index (χ1n) is 6.03. The summed E-state index contributed by atoms with van der Waals surface area (Å²) in [4.78, 5) is 4.19. The summed E-state index contributed by atoms with van der Waals surface area (Å²) >= 11 is 11.0. The van der Waals surface area contributed by atoms with E-state index < -0.39 is 0 Å². The van der Waals surface area contributed by atoms with Crippen LogP contribution in [0.15, 0.2) is 24.3 Å². The Kier molecular flexibility index (Phi) is 4.43. The quantitative estimate of drug-likeness (QED) is 0.845. The molecule has 0 amide bonds. The van der Waals surface area contributed by atoms with Crippen molar-refractivity contribution >= 4 is 29.0 Å². The van der Waals surface area contributed by atoms with Crippen molar-refractivity contribution in [3.63, 3.8) is 0 Å². The summed E-state index contributed by atoms with van der Waals surface area (Å²) in [7, 11) is 0. The smallest absolute Gasteiger partial charge is 0.257 e. The van der Waals surface area contributed by atoms with Crippen LogP contribution in [0, 0.1) is 0 Å². The third-order valence-corrected chi connectivity index (χ3v) is 3.91. The molecule has 1 fully saturated rings. The van der Waals surface area contributed by atoms with E-state index in [1.165, 1.54) is 0 Å². The highest BCUT2D eigenvalue weighted by atomic mass is 35.5. The van der Waals surface area contributed by atoms with Crippen molar-refractivity contribution in [2.75, 3.05) is 19.6 Å². The molecule has 0 radical (unpaired) electrons. The molecule has 2 rings (SSSR count). The van der Waals surface area contributed by atoms with E-state index in [1.807, 2.05) is 23.1 Å². The molecule has 1 N–H and O–H groups in total. The van der Waals surface area contributed by atoms with Gasteiger partial charge < -0.3 is 10.0 Å². The molecular weight excluding hydrogens is 268 g/mol. The van der Waals surface area contributed by atoms with Crippen LogP contribution in [0.3, 0.4) is 0 Å². The Labute approximate surface area is 118 Å². The summed E-state index contributed by atoms with van der Waals surface area (Å²) in [5.74, 6) is 0. The van der Waals surface area contributed by atoms with Crippen molar-refractivity contribution in [3.8, 4) is 0 Å². The standard InChI is InChI=1S/C13H17ClN2OS/c1-10-8-15(6-7-16(10)13(17)18)9-11-4-2-3-5-12(11)14/h2-5,10H,6-9H2,1H3,(H,17,18). The molecule has 1 heterocycles. The highest BCUT2D eigenvalue weighted by molar-refractivity contribution is 7.79. The Bertz CT molecular complexity index is 441. The van der Waals surface area contributed by atoms with Crippen LogP contribution in [0.5, 0.6) is 0 Å². The number of piperazine rings is 1. The molecule has 1 aromatic carbocycles. The molecule has 0 aromatic heterocycles. The summed E-state index contributed by atoms with van der Waals surface area (Å²) < 4.78 is 0. The van der Waals surface area contributed by atoms with E-state index in [4.69, 9.17) is 23.8 Å². The van der Waals surface area contributed by atoms with Crippen molar-refractivity contribution in [2.45, 2.75) is 19.5 Å². The monoisotopic (exact) mass is 284 g/mol. The van der Waals surface area contributed by atoms with Gasteiger partial charge in [-0.2, -0.15) is 0 Å². The van der Waals surface area contributed by atoms with Gasteiger partial charge in [-0.05, 0) is 30.8 Å². The van der Waals surface area contributed by atoms with Gasteiger partial charge in [0.2, 0.25) is 0 Å². The molecule has 0 aliphatic carbocycles. The van der Waals surface area contributed by atoms with Crippen LogP contribution in [-0.4, -0.2) is 45.8 Å². The second-order valence-electron chi connectivity index (χ2n) is 4.65. The third-order valence-electron chi connectivity index (χ3n) is 3.31. The zero-order valence-electron chi connectivity index (χ0n) is 10.3. The lowest BCUT2D eigenvalue weighted by Crippen LogP contribution is -2.53. The molecule has 1 unspecified atom stereocenters. The highest BCUT2D eigenvalue weighted by Gasteiger charge is 2.25. The maximum absolute atomic E-state index is 9.39. The normalized spacial score (nSPS) is 21.0. The lowest BCUT2D eigenvalue weighted by atomic mass is 10.1. The zero-order valence-corrected chi connectivity index (χ0v) is 11.9. The molecule has 1 aromatic rings. The largest absolute Gasteiger partial charge is 0.486 e. The van der Waals surface area contributed by atoms with Gasteiger partial charge in [-0.25, -0.2) is 0 Å². The van der Waals surface area contributed by atoms with Gasteiger partial charge in [0.1, 0.15) is 0 Å². The average molecular weight is 285 g/mol. The van der Waals surface area contributed by atoms with Gasteiger partial charge >= 0.3 is 0 Å². The zero-order chi connectivity index (χ0) is 13.1. The Morgan fingerprint density at radius 3 is 2.78 bits per heavy atom. The predicted octanol–water partition coefficient (Wildman–Crippen LogP) is 2.69. The highest BCUT2D eigenvalue weighted by Crippen LogP contribution is 2.19. The number of aliphatic hydroxyl groups excluding tert-OH is 1. The first-order chi connectivity index (χ1) is 8.58. The minimum absolute atomic E-state index is 0.0000986. The number of rotatable bonds is 2. The van der Waals surface area contributed by atoms with Crippen molar-refractivity contribution in [2.24, 2.45) is 0 Å². The summed E-state index contributed by atoms with van der Waals surface area (Å²) in [6, 6.07) is 8.15. The van der Waals surface area contributed by atoms with Gasteiger partial charge in [0.05, 0.1) is 0 Å². The van der Waals surface area contributed by atoms with Crippen LogP contribution in [0.1, 0.15) is 12.5 Å². The SMILES string of the molecule is CC1CN(Cc2ccccc2Cl)CCN1C(O)=S. The van der Waals surface area contributed by atoms with E-state index in [2.05, 4.69) is 17.9 Å². The second kappa shape index (κ2) is 5.87. The lowest BCUT2D eigenvalue weighted by molar-refractivity contribution is 0.119. The number of nitrogens with zero attached hydrogens (tertiary/aromatic N) is 2. The molecular formula is C13H17ClN2OS. The van der Waals surface area contributed by atoms with Gasteiger partial charge in [0.25, 0.3) is 5.17 Å². The summed E-state index contributed by atoms with van der Waals surface area (Å²) in [5, 5.41) is 10.2. The first kappa shape index (κ1) is 13.6. The second-order valence-corrected chi connectivity index (χ2v) is 5.42. The van der Waals surface area contributed by atoms with Crippen LogP contribution in [0.25, 0.3) is 0 Å². The maximum atomic E-state index is 9.39. The topological polar surface area (TPSA) is 26.7 Å². The number of benzene rings is 1. The summed E-state index contributed by atoms with van der Waals surface area (Å²) in [6.07, 6.45) is 0. The summed E-state index contributed by atoms with van der Waals surface area (Å²) in [6.45, 7) is 5.44. The average Bonchev–Trinajstić information content (AvgIpc) is 2.32. The van der Waals surface area contributed by atoms with Crippen molar-refractivity contribution in [1.82, 2.24) is 9.80 Å². The molecule has 98 valence electrons. The van der Waals surface area contributed by atoms with E-state index in [0.29, 0.717) is 0 Å². The fourth-order valence-corrected chi connectivity index (χ4v) is 2.80. The molecule has 1 atom stereocenters. The van der Waals surface area contributed by atoms with Gasteiger partial charge in [0, 0.05) is 37.2 Å². The van der Waals surface area contributed by atoms with E-state index in [-0.39, 0.29) is 11.2 Å². The molecule has 1 saturated heterocycles. The Hall–Kier alpha value is -0.840. The van der Waals surface area contributed by atoms with Gasteiger partial charge in [-0.3, -0.25) is 4.90 Å².